The third-order valence-electron chi connectivity index (χ3n) is 2.96. The first kappa shape index (κ1) is 15.3. The zero-order valence-corrected chi connectivity index (χ0v) is 13.3. The molecular formula is C15H19NO2S2. The van der Waals surface area contributed by atoms with Crippen LogP contribution in [0.2, 0.25) is 0 Å². The summed E-state index contributed by atoms with van der Waals surface area (Å²) in [5.74, 6) is -0.153. The molecule has 20 heavy (non-hydrogen) atoms. The van der Waals surface area contributed by atoms with Crippen molar-refractivity contribution in [2.75, 3.05) is 0 Å². The van der Waals surface area contributed by atoms with Crippen LogP contribution in [0.15, 0.2) is 28.6 Å². The van der Waals surface area contributed by atoms with Crippen molar-refractivity contribution in [3.05, 3.63) is 24.3 Å². The lowest BCUT2D eigenvalue weighted by molar-refractivity contribution is -0.137. The summed E-state index contributed by atoms with van der Waals surface area (Å²) in [7, 11) is 0. The van der Waals surface area contributed by atoms with Crippen LogP contribution in [0.3, 0.4) is 0 Å². The van der Waals surface area contributed by atoms with Gasteiger partial charge in [0.2, 0.25) is 0 Å². The number of carboxylic acid groups (broad SMARTS) is 1. The van der Waals surface area contributed by atoms with Crippen LogP contribution in [0, 0.1) is 5.92 Å². The molecule has 2 rings (SSSR count). The highest BCUT2D eigenvalue weighted by Crippen LogP contribution is 2.35. The first-order valence-corrected chi connectivity index (χ1v) is 8.48. The van der Waals surface area contributed by atoms with E-state index in [2.05, 4.69) is 24.9 Å². The number of rotatable bonds is 7. The van der Waals surface area contributed by atoms with Crippen molar-refractivity contribution in [1.29, 1.82) is 0 Å². The molecule has 3 nitrogen and oxygen atoms in total. The third-order valence-corrected chi connectivity index (χ3v) is 5.38. The predicted molar refractivity (Wildman–Crippen MR) is 85.6 cm³/mol. The first-order chi connectivity index (χ1) is 9.54. The van der Waals surface area contributed by atoms with Crippen molar-refractivity contribution in [3.63, 3.8) is 0 Å². The Balaban J connectivity index is 2.07. The van der Waals surface area contributed by atoms with Gasteiger partial charge in [0.1, 0.15) is 0 Å². The molecule has 0 spiro atoms. The van der Waals surface area contributed by atoms with E-state index < -0.39 is 5.97 Å². The monoisotopic (exact) mass is 309 g/mol. The van der Waals surface area contributed by atoms with Gasteiger partial charge >= 0.3 is 5.97 Å². The maximum absolute atomic E-state index is 10.8. The maximum Gasteiger partial charge on any atom is 0.303 e. The van der Waals surface area contributed by atoms with E-state index in [9.17, 15) is 4.79 Å². The van der Waals surface area contributed by atoms with Crippen LogP contribution in [0.1, 0.15) is 33.1 Å². The van der Waals surface area contributed by atoms with Crippen LogP contribution in [0.4, 0.5) is 0 Å². The molecule has 5 heteroatoms. The minimum Gasteiger partial charge on any atom is -0.481 e. The quantitative estimate of drug-likeness (QED) is 0.755. The fourth-order valence-electron chi connectivity index (χ4n) is 2.08. The molecule has 0 saturated heterocycles. The van der Waals surface area contributed by atoms with Crippen LogP contribution in [0.25, 0.3) is 10.2 Å². The molecule has 0 aliphatic heterocycles. The Kier molecular flexibility index (Phi) is 5.43. The number of hydrogen-bond acceptors (Lipinski definition) is 4. The average molecular weight is 309 g/mol. The van der Waals surface area contributed by atoms with Crippen molar-refractivity contribution in [2.24, 2.45) is 5.92 Å². The van der Waals surface area contributed by atoms with Crippen molar-refractivity contribution in [2.45, 2.75) is 42.7 Å². The van der Waals surface area contributed by atoms with E-state index in [1.165, 1.54) is 4.70 Å². The smallest absolute Gasteiger partial charge is 0.303 e. The number of aliphatic carboxylic acids is 1. The average Bonchev–Trinajstić information content (AvgIpc) is 2.77. The second kappa shape index (κ2) is 7.09. The highest BCUT2D eigenvalue weighted by Gasteiger charge is 2.16. The number of carboxylic acids is 1. The summed E-state index contributed by atoms with van der Waals surface area (Å²) in [6, 6.07) is 8.11. The van der Waals surface area contributed by atoms with E-state index in [1.54, 1.807) is 23.1 Å². The van der Waals surface area contributed by atoms with Gasteiger partial charge in [-0.15, -0.1) is 11.3 Å². The largest absolute Gasteiger partial charge is 0.481 e. The zero-order valence-electron chi connectivity index (χ0n) is 11.7. The summed E-state index contributed by atoms with van der Waals surface area (Å²) in [5, 5.41) is 9.18. The van der Waals surface area contributed by atoms with Gasteiger partial charge in [0.05, 0.1) is 10.2 Å². The lowest BCUT2D eigenvalue weighted by Crippen LogP contribution is -2.09. The summed E-state index contributed by atoms with van der Waals surface area (Å²) < 4.78 is 2.23. The van der Waals surface area contributed by atoms with Crippen molar-refractivity contribution in [1.82, 2.24) is 4.98 Å². The van der Waals surface area contributed by atoms with Crippen LogP contribution < -0.4 is 0 Å². The molecule has 108 valence electrons. The minimum absolute atomic E-state index is 0.231. The summed E-state index contributed by atoms with van der Waals surface area (Å²) >= 11 is 3.42. The van der Waals surface area contributed by atoms with Crippen molar-refractivity contribution in [3.8, 4) is 0 Å². The van der Waals surface area contributed by atoms with E-state index >= 15 is 0 Å². The van der Waals surface area contributed by atoms with Gasteiger partial charge in [0.15, 0.2) is 4.34 Å². The topological polar surface area (TPSA) is 50.2 Å². The molecule has 2 aromatic rings. The van der Waals surface area contributed by atoms with E-state index in [-0.39, 0.29) is 6.42 Å². The minimum atomic E-state index is -0.719. The lowest BCUT2D eigenvalue weighted by atomic mass is 10.0. The molecule has 1 heterocycles. The van der Waals surface area contributed by atoms with Crippen LogP contribution in [-0.2, 0) is 4.79 Å². The van der Waals surface area contributed by atoms with Crippen LogP contribution >= 0.6 is 23.1 Å². The van der Waals surface area contributed by atoms with E-state index in [0.29, 0.717) is 17.6 Å². The van der Waals surface area contributed by atoms with Gasteiger partial charge < -0.3 is 5.11 Å². The molecule has 0 radical (unpaired) electrons. The zero-order chi connectivity index (χ0) is 14.5. The van der Waals surface area contributed by atoms with Crippen LogP contribution in [-0.4, -0.2) is 21.3 Å². The molecule has 0 fully saturated rings. The Morgan fingerprint density at radius 2 is 2.15 bits per heavy atom. The van der Waals surface area contributed by atoms with Gasteiger partial charge in [-0.25, -0.2) is 4.98 Å². The molecule has 0 bridgehead atoms. The second-order valence-electron chi connectivity index (χ2n) is 5.25. The SMILES string of the molecule is CC(C)CC(CCC(=O)O)Sc1nc2ccccc2s1. The van der Waals surface area contributed by atoms with E-state index in [4.69, 9.17) is 5.11 Å². The summed E-state index contributed by atoms with van der Waals surface area (Å²) in [6.07, 6.45) is 1.96. The summed E-state index contributed by atoms with van der Waals surface area (Å²) in [4.78, 5) is 15.4. The number of para-hydroxylation sites is 1. The molecule has 1 N–H and O–H groups in total. The molecule has 0 aliphatic carbocycles. The number of carbonyl (C=O) groups is 1. The standard InChI is InChI=1S/C15H19NO2S2/c1-10(2)9-11(7-8-14(17)18)19-15-16-12-5-3-4-6-13(12)20-15/h3-6,10-11H,7-9H2,1-2H3,(H,17,18). The number of hydrogen-bond donors (Lipinski definition) is 1. The number of thiazole rings is 1. The Morgan fingerprint density at radius 1 is 1.40 bits per heavy atom. The van der Waals surface area contributed by atoms with Crippen LogP contribution in [0.5, 0.6) is 0 Å². The number of thioether (sulfide) groups is 1. The molecular weight excluding hydrogens is 290 g/mol. The van der Waals surface area contributed by atoms with Gasteiger partial charge in [-0.1, -0.05) is 37.7 Å². The molecule has 1 atom stereocenters. The Labute approximate surface area is 127 Å². The van der Waals surface area contributed by atoms with Crippen molar-refractivity contribution >= 4 is 39.3 Å². The fraction of sp³-hybridized carbons (Fsp3) is 0.467. The molecule has 0 aliphatic rings. The second-order valence-corrected chi connectivity index (χ2v) is 7.83. The van der Waals surface area contributed by atoms with Crippen molar-refractivity contribution < 1.29 is 9.90 Å². The Morgan fingerprint density at radius 3 is 2.80 bits per heavy atom. The fourth-order valence-corrected chi connectivity index (χ4v) is 4.80. The van der Waals surface area contributed by atoms with Gasteiger partial charge in [-0.2, -0.15) is 0 Å². The Hall–Kier alpha value is -1.07. The first-order valence-electron chi connectivity index (χ1n) is 6.78. The number of benzene rings is 1. The summed E-state index contributed by atoms with van der Waals surface area (Å²) in [6.45, 7) is 4.35. The maximum atomic E-state index is 10.8. The third kappa shape index (κ3) is 4.49. The van der Waals surface area contributed by atoms with Gasteiger partial charge in [0.25, 0.3) is 0 Å². The van der Waals surface area contributed by atoms with Gasteiger partial charge in [-0.05, 0) is 30.9 Å². The summed E-state index contributed by atoms with van der Waals surface area (Å²) in [5.41, 5.74) is 1.03. The highest BCUT2D eigenvalue weighted by molar-refractivity contribution is 8.01. The highest BCUT2D eigenvalue weighted by atomic mass is 32.2. The Bertz CT molecular complexity index is 547. The number of aromatic nitrogens is 1. The molecule has 1 unspecified atom stereocenters. The number of fused-ring (bicyclic) bond motifs is 1. The molecule has 1 aromatic carbocycles. The molecule has 0 amide bonds. The molecule has 0 saturated carbocycles. The normalized spacial score (nSPS) is 12.9. The van der Waals surface area contributed by atoms with E-state index in [0.717, 1.165) is 16.3 Å². The molecule has 1 aromatic heterocycles. The lowest BCUT2D eigenvalue weighted by Gasteiger charge is -2.16. The number of nitrogens with zero attached hydrogens (tertiary/aromatic N) is 1. The van der Waals surface area contributed by atoms with Gasteiger partial charge in [-0.3, -0.25) is 4.79 Å². The van der Waals surface area contributed by atoms with Gasteiger partial charge in [0, 0.05) is 11.7 Å². The van der Waals surface area contributed by atoms with E-state index in [1.807, 2.05) is 18.2 Å². The predicted octanol–water partition coefficient (Wildman–Crippen LogP) is 4.67.